The van der Waals surface area contributed by atoms with Crippen molar-refractivity contribution in [3.8, 4) is 0 Å². The Morgan fingerprint density at radius 3 is 2.60 bits per heavy atom. The van der Waals surface area contributed by atoms with Crippen LogP contribution in [-0.4, -0.2) is 35.3 Å². The lowest BCUT2D eigenvalue weighted by atomic mass is 9.83. The largest absolute Gasteiger partial charge is 0.353 e. The number of piperidine rings is 1. The van der Waals surface area contributed by atoms with Crippen LogP contribution in [0.15, 0.2) is 42.7 Å². The van der Waals surface area contributed by atoms with Crippen LogP contribution in [0.1, 0.15) is 32.3 Å². The first-order chi connectivity index (χ1) is 11.9. The predicted octanol–water partition coefficient (Wildman–Crippen LogP) is 2.71. The molecule has 0 atom stereocenters. The van der Waals surface area contributed by atoms with Crippen molar-refractivity contribution in [3.63, 3.8) is 0 Å². The van der Waals surface area contributed by atoms with E-state index in [1.807, 2.05) is 41.2 Å². The lowest BCUT2D eigenvalue weighted by Gasteiger charge is -2.37. The normalized spacial score (nSPS) is 17.2. The molecule has 134 valence electrons. The van der Waals surface area contributed by atoms with Gasteiger partial charge in [0.1, 0.15) is 5.54 Å². The molecule has 0 bridgehead atoms. The van der Waals surface area contributed by atoms with Crippen LogP contribution in [0, 0.1) is 0 Å². The zero-order valence-corrected chi connectivity index (χ0v) is 15.5. The summed E-state index contributed by atoms with van der Waals surface area (Å²) in [4.78, 5) is 13.1. The summed E-state index contributed by atoms with van der Waals surface area (Å²) < 4.78 is 1.82. The predicted molar refractivity (Wildman–Crippen MR) is 99.8 cm³/mol. The standard InChI is InChI=1S/C19H25ClN4O/c1-18(2,15-4-6-16(20)7-5-15)14-22-17(25)19(8-11-21-12-9-19)24-13-3-10-23-24/h3-7,10,13,21H,8-9,11-12,14H2,1-2H3,(H,22,25). The summed E-state index contributed by atoms with van der Waals surface area (Å²) in [7, 11) is 0. The molecule has 5 nitrogen and oxygen atoms in total. The monoisotopic (exact) mass is 360 g/mol. The molecule has 3 rings (SSSR count). The van der Waals surface area contributed by atoms with Gasteiger partial charge in [0.05, 0.1) is 0 Å². The highest BCUT2D eigenvalue weighted by atomic mass is 35.5. The molecule has 0 spiro atoms. The van der Waals surface area contributed by atoms with E-state index in [0.29, 0.717) is 6.54 Å². The minimum atomic E-state index is -0.606. The molecule has 6 heteroatoms. The van der Waals surface area contributed by atoms with Crippen molar-refractivity contribution in [3.05, 3.63) is 53.3 Å². The van der Waals surface area contributed by atoms with E-state index in [0.717, 1.165) is 36.5 Å². The van der Waals surface area contributed by atoms with Crippen molar-refractivity contribution in [2.24, 2.45) is 0 Å². The molecular formula is C19H25ClN4O. The number of halogens is 1. The number of carbonyl (C=O) groups excluding carboxylic acids is 1. The first-order valence-electron chi connectivity index (χ1n) is 8.69. The van der Waals surface area contributed by atoms with Gasteiger partial charge in [0, 0.05) is 29.4 Å². The van der Waals surface area contributed by atoms with Gasteiger partial charge in [0.15, 0.2) is 0 Å². The lowest BCUT2D eigenvalue weighted by molar-refractivity contribution is -0.132. The molecule has 0 unspecified atom stereocenters. The summed E-state index contributed by atoms with van der Waals surface area (Å²) in [5, 5.41) is 11.6. The molecule has 1 aromatic heterocycles. The van der Waals surface area contributed by atoms with E-state index in [1.54, 1.807) is 6.20 Å². The Hall–Kier alpha value is -1.85. The van der Waals surface area contributed by atoms with Gasteiger partial charge >= 0.3 is 0 Å². The fraction of sp³-hybridized carbons (Fsp3) is 0.474. The number of nitrogens with zero attached hydrogens (tertiary/aromatic N) is 2. The lowest BCUT2D eigenvalue weighted by Crippen LogP contribution is -2.56. The fourth-order valence-electron chi connectivity index (χ4n) is 3.39. The molecule has 1 aliphatic rings. The van der Waals surface area contributed by atoms with E-state index >= 15 is 0 Å². The third-order valence-electron chi connectivity index (χ3n) is 5.11. The molecule has 0 radical (unpaired) electrons. The van der Waals surface area contributed by atoms with Crippen LogP contribution in [-0.2, 0) is 15.7 Å². The zero-order valence-electron chi connectivity index (χ0n) is 14.8. The number of carbonyl (C=O) groups is 1. The van der Waals surface area contributed by atoms with Crippen LogP contribution >= 0.6 is 11.6 Å². The van der Waals surface area contributed by atoms with E-state index < -0.39 is 5.54 Å². The maximum atomic E-state index is 13.1. The molecular weight excluding hydrogens is 336 g/mol. The van der Waals surface area contributed by atoms with Crippen molar-refractivity contribution in [2.45, 2.75) is 37.6 Å². The highest BCUT2D eigenvalue weighted by Crippen LogP contribution is 2.28. The van der Waals surface area contributed by atoms with Crippen molar-refractivity contribution >= 4 is 17.5 Å². The van der Waals surface area contributed by atoms with Crippen LogP contribution in [0.25, 0.3) is 0 Å². The Labute approximate surface area is 153 Å². The smallest absolute Gasteiger partial charge is 0.248 e. The summed E-state index contributed by atoms with van der Waals surface area (Å²) in [5.41, 5.74) is 0.360. The number of nitrogens with one attached hydrogen (secondary N) is 2. The molecule has 1 fully saturated rings. The van der Waals surface area contributed by atoms with E-state index in [2.05, 4.69) is 29.6 Å². The Balaban J connectivity index is 1.74. The Bertz CT molecular complexity index is 704. The van der Waals surface area contributed by atoms with Gasteiger partial charge in [-0.3, -0.25) is 9.48 Å². The molecule has 2 N–H and O–H groups in total. The molecule has 1 aliphatic heterocycles. The van der Waals surface area contributed by atoms with Gasteiger partial charge < -0.3 is 10.6 Å². The zero-order chi connectivity index (χ0) is 17.9. The Morgan fingerprint density at radius 1 is 1.32 bits per heavy atom. The second kappa shape index (κ2) is 7.18. The summed E-state index contributed by atoms with van der Waals surface area (Å²) in [5.74, 6) is 0.0414. The summed E-state index contributed by atoms with van der Waals surface area (Å²) in [6.07, 6.45) is 5.09. The van der Waals surface area contributed by atoms with Crippen molar-refractivity contribution in [1.29, 1.82) is 0 Å². The number of rotatable bonds is 5. The number of hydrogen-bond donors (Lipinski definition) is 2. The minimum Gasteiger partial charge on any atom is -0.353 e. The van der Waals surface area contributed by atoms with E-state index in [-0.39, 0.29) is 11.3 Å². The van der Waals surface area contributed by atoms with Crippen molar-refractivity contribution in [1.82, 2.24) is 20.4 Å². The molecule has 1 amide bonds. The molecule has 0 saturated carbocycles. The highest BCUT2D eigenvalue weighted by Gasteiger charge is 2.42. The SMILES string of the molecule is CC(C)(CNC(=O)C1(n2cccn2)CCNCC1)c1ccc(Cl)cc1. The average molecular weight is 361 g/mol. The van der Waals surface area contributed by atoms with Crippen LogP contribution in [0.5, 0.6) is 0 Å². The summed E-state index contributed by atoms with van der Waals surface area (Å²) >= 11 is 5.98. The average Bonchev–Trinajstić information content (AvgIpc) is 3.16. The number of hydrogen-bond acceptors (Lipinski definition) is 3. The Kier molecular flexibility index (Phi) is 5.16. The fourth-order valence-corrected chi connectivity index (χ4v) is 3.52. The van der Waals surface area contributed by atoms with Gasteiger partial charge in [-0.25, -0.2) is 0 Å². The quantitative estimate of drug-likeness (QED) is 0.861. The first kappa shape index (κ1) is 18.0. The molecule has 2 heterocycles. The number of amides is 1. The molecule has 1 saturated heterocycles. The third kappa shape index (κ3) is 3.72. The minimum absolute atomic E-state index is 0.0414. The molecule has 25 heavy (non-hydrogen) atoms. The highest BCUT2D eigenvalue weighted by molar-refractivity contribution is 6.30. The van der Waals surface area contributed by atoms with Gasteiger partial charge in [0.2, 0.25) is 5.91 Å². The first-order valence-corrected chi connectivity index (χ1v) is 9.07. The summed E-state index contributed by atoms with van der Waals surface area (Å²) in [6, 6.07) is 9.68. The summed E-state index contributed by atoms with van der Waals surface area (Å²) in [6.45, 7) is 6.44. The van der Waals surface area contributed by atoms with Gasteiger partial charge in [0.25, 0.3) is 0 Å². The number of aromatic nitrogens is 2. The molecule has 1 aromatic carbocycles. The van der Waals surface area contributed by atoms with Crippen LogP contribution in [0.4, 0.5) is 0 Å². The van der Waals surface area contributed by atoms with Crippen LogP contribution < -0.4 is 10.6 Å². The maximum Gasteiger partial charge on any atom is 0.248 e. The van der Waals surface area contributed by atoms with Crippen molar-refractivity contribution in [2.75, 3.05) is 19.6 Å². The molecule has 0 aliphatic carbocycles. The van der Waals surface area contributed by atoms with Gasteiger partial charge in [-0.2, -0.15) is 5.10 Å². The van der Waals surface area contributed by atoms with Crippen LogP contribution in [0.3, 0.4) is 0 Å². The van der Waals surface area contributed by atoms with E-state index in [1.165, 1.54) is 0 Å². The van der Waals surface area contributed by atoms with Crippen molar-refractivity contribution < 1.29 is 4.79 Å². The Morgan fingerprint density at radius 2 is 2.00 bits per heavy atom. The third-order valence-corrected chi connectivity index (χ3v) is 5.36. The van der Waals surface area contributed by atoms with E-state index in [9.17, 15) is 4.79 Å². The van der Waals surface area contributed by atoms with Crippen LogP contribution in [0.2, 0.25) is 5.02 Å². The topological polar surface area (TPSA) is 59.0 Å². The number of benzene rings is 1. The van der Waals surface area contributed by atoms with Gasteiger partial charge in [-0.1, -0.05) is 37.6 Å². The second-order valence-electron chi connectivity index (χ2n) is 7.31. The van der Waals surface area contributed by atoms with Gasteiger partial charge in [-0.15, -0.1) is 0 Å². The van der Waals surface area contributed by atoms with Gasteiger partial charge in [-0.05, 0) is 49.7 Å². The second-order valence-corrected chi connectivity index (χ2v) is 7.74. The molecule has 2 aromatic rings. The maximum absolute atomic E-state index is 13.1. The van der Waals surface area contributed by atoms with E-state index in [4.69, 9.17) is 11.6 Å².